The SMILES string of the molecule is CC1CNCCN1c1nccnc1OCCOc1cccc2ccc(N)nc12. The summed E-state index contributed by atoms with van der Waals surface area (Å²) in [5, 5.41) is 4.36. The zero-order valence-electron chi connectivity index (χ0n) is 15.8. The fourth-order valence-corrected chi connectivity index (χ4v) is 3.31. The summed E-state index contributed by atoms with van der Waals surface area (Å²) in [6.07, 6.45) is 3.34. The number of rotatable bonds is 6. The van der Waals surface area contributed by atoms with E-state index in [9.17, 15) is 0 Å². The summed E-state index contributed by atoms with van der Waals surface area (Å²) in [5.41, 5.74) is 6.55. The molecule has 4 rings (SSSR count). The Morgan fingerprint density at radius 2 is 2.00 bits per heavy atom. The number of nitrogens with zero attached hydrogens (tertiary/aromatic N) is 4. The third-order valence-electron chi connectivity index (χ3n) is 4.70. The van der Waals surface area contributed by atoms with Crippen molar-refractivity contribution in [1.82, 2.24) is 20.3 Å². The van der Waals surface area contributed by atoms with Gasteiger partial charge in [0.15, 0.2) is 5.82 Å². The first-order valence-corrected chi connectivity index (χ1v) is 9.41. The Morgan fingerprint density at radius 3 is 2.89 bits per heavy atom. The molecule has 1 unspecified atom stereocenters. The first kappa shape index (κ1) is 18.2. The van der Waals surface area contributed by atoms with E-state index in [4.69, 9.17) is 15.2 Å². The standard InChI is InChI=1S/C20H24N6O2/c1-14-13-22-9-10-26(14)19-20(24-8-7-23-19)28-12-11-27-16-4-2-3-15-5-6-17(21)25-18(15)16/h2-8,14,22H,9-13H2,1H3,(H2,21,25). The topological polar surface area (TPSA) is 98.4 Å². The summed E-state index contributed by atoms with van der Waals surface area (Å²) >= 11 is 0. The maximum atomic E-state index is 5.89. The Kier molecular flexibility index (Phi) is 5.38. The Balaban J connectivity index is 1.41. The predicted octanol–water partition coefficient (Wildman–Crippen LogP) is 1.86. The van der Waals surface area contributed by atoms with Crippen LogP contribution in [-0.2, 0) is 0 Å². The maximum absolute atomic E-state index is 5.89. The van der Waals surface area contributed by atoms with Gasteiger partial charge in [-0.1, -0.05) is 12.1 Å². The molecule has 1 aliphatic rings. The lowest BCUT2D eigenvalue weighted by Gasteiger charge is -2.35. The van der Waals surface area contributed by atoms with E-state index in [-0.39, 0.29) is 0 Å². The highest BCUT2D eigenvalue weighted by atomic mass is 16.5. The zero-order valence-corrected chi connectivity index (χ0v) is 15.8. The van der Waals surface area contributed by atoms with Crippen LogP contribution in [0, 0.1) is 0 Å². The molecule has 0 radical (unpaired) electrons. The number of piperazine rings is 1. The Labute approximate surface area is 163 Å². The van der Waals surface area contributed by atoms with Crippen molar-refractivity contribution in [1.29, 1.82) is 0 Å². The van der Waals surface area contributed by atoms with Gasteiger partial charge in [-0.15, -0.1) is 0 Å². The number of ether oxygens (including phenoxy) is 2. The van der Waals surface area contributed by atoms with Gasteiger partial charge in [-0.05, 0) is 25.1 Å². The van der Waals surface area contributed by atoms with Crippen LogP contribution in [0.3, 0.4) is 0 Å². The number of anilines is 2. The summed E-state index contributed by atoms with van der Waals surface area (Å²) in [4.78, 5) is 15.4. The second kappa shape index (κ2) is 8.26. The van der Waals surface area contributed by atoms with Gasteiger partial charge < -0.3 is 25.4 Å². The van der Waals surface area contributed by atoms with Gasteiger partial charge in [0.2, 0.25) is 0 Å². The lowest BCUT2D eigenvalue weighted by atomic mass is 10.2. The molecule has 8 nitrogen and oxygen atoms in total. The van der Waals surface area contributed by atoms with E-state index in [1.807, 2.05) is 24.3 Å². The van der Waals surface area contributed by atoms with Crippen LogP contribution < -0.4 is 25.4 Å². The monoisotopic (exact) mass is 380 g/mol. The molecule has 2 aromatic heterocycles. The summed E-state index contributed by atoms with van der Waals surface area (Å²) in [6.45, 7) is 5.58. The summed E-state index contributed by atoms with van der Waals surface area (Å²) in [6, 6.07) is 9.83. The zero-order chi connectivity index (χ0) is 19.3. The first-order valence-electron chi connectivity index (χ1n) is 9.41. The van der Waals surface area contributed by atoms with Crippen molar-refractivity contribution in [3.05, 3.63) is 42.7 Å². The van der Waals surface area contributed by atoms with Crippen LogP contribution in [-0.4, -0.2) is 53.8 Å². The quantitative estimate of drug-likeness (QED) is 0.626. The molecular formula is C20H24N6O2. The molecule has 1 fully saturated rings. The van der Waals surface area contributed by atoms with E-state index in [1.54, 1.807) is 18.5 Å². The van der Waals surface area contributed by atoms with Crippen LogP contribution in [0.25, 0.3) is 10.9 Å². The predicted molar refractivity (Wildman–Crippen MR) is 109 cm³/mol. The summed E-state index contributed by atoms with van der Waals surface area (Å²) < 4.78 is 11.8. The third-order valence-corrected chi connectivity index (χ3v) is 4.70. The number of nitrogens with one attached hydrogen (secondary N) is 1. The number of aromatic nitrogens is 3. The molecule has 0 spiro atoms. The average molecular weight is 380 g/mol. The van der Waals surface area contributed by atoms with E-state index < -0.39 is 0 Å². The van der Waals surface area contributed by atoms with Crippen molar-refractivity contribution in [2.24, 2.45) is 0 Å². The van der Waals surface area contributed by atoms with Crippen LogP contribution in [0.1, 0.15) is 6.92 Å². The Bertz CT molecular complexity index is 951. The lowest BCUT2D eigenvalue weighted by molar-refractivity contribution is 0.212. The number of nitrogen functional groups attached to an aromatic ring is 1. The fraction of sp³-hybridized carbons (Fsp3) is 0.350. The summed E-state index contributed by atoms with van der Waals surface area (Å²) in [7, 11) is 0. The van der Waals surface area contributed by atoms with Gasteiger partial charge in [-0.2, -0.15) is 0 Å². The number of benzene rings is 1. The average Bonchev–Trinajstić information content (AvgIpc) is 2.72. The van der Waals surface area contributed by atoms with E-state index in [0.717, 1.165) is 36.4 Å². The molecule has 0 aliphatic carbocycles. The molecule has 8 heteroatoms. The fourth-order valence-electron chi connectivity index (χ4n) is 3.31. The van der Waals surface area contributed by atoms with Crippen LogP contribution in [0.4, 0.5) is 11.6 Å². The van der Waals surface area contributed by atoms with E-state index in [2.05, 4.69) is 32.1 Å². The molecule has 28 heavy (non-hydrogen) atoms. The molecule has 146 valence electrons. The molecule has 0 saturated carbocycles. The van der Waals surface area contributed by atoms with Crippen molar-refractivity contribution in [2.45, 2.75) is 13.0 Å². The third kappa shape index (κ3) is 3.91. The number of para-hydroxylation sites is 1. The van der Waals surface area contributed by atoms with Crippen molar-refractivity contribution in [2.75, 3.05) is 43.5 Å². The van der Waals surface area contributed by atoms with Gasteiger partial charge >= 0.3 is 0 Å². The largest absolute Gasteiger partial charge is 0.488 e. The Morgan fingerprint density at radius 1 is 1.14 bits per heavy atom. The normalized spacial score (nSPS) is 16.9. The Hall–Kier alpha value is -3.13. The lowest BCUT2D eigenvalue weighted by Crippen LogP contribution is -2.50. The molecule has 1 saturated heterocycles. The second-order valence-corrected chi connectivity index (χ2v) is 6.69. The molecule has 1 aromatic carbocycles. The minimum absolute atomic E-state index is 0.330. The van der Waals surface area contributed by atoms with Gasteiger partial charge in [0.25, 0.3) is 5.88 Å². The van der Waals surface area contributed by atoms with E-state index in [1.165, 1.54) is 0 Å². The number of nitrogens with two attached hydrogens (primary N) is 1. The molecule has 0 amide bonds. The highest BCUT2D eigenvalue weighted by Crippen LogP contribution is 2.26. The summed E-state index contributed by atoms with van der Waals surface area (Å²) in [5.74, 6) is 2.45. The number of hydrogen-bond donors (Lipinski definition) is 2. The van der Waals surface area contributed by atoms with Crippen molar-refractivity contribution < 1.29 is 9.47 Å². The minimum Gasteiger partial charge on any atom is -0.488 e. The number of hydrogen-bond acceptors (Lipinski definition) is 8. The van der Waals surface area contributed by atoms with Gasteiger partial charge in [0.05, 0.1) is 0 Å². The van der Waals surface area contributed by atoms with Crippen LogP contribution in [0.5, 0.6) is 11.6 Å². The maximum Gasteiger partial charge on any atom is 0.257 e. The van der Waals surface area contributed by atoms with Crippen LogP contribution >= 0.6 is 0 Å². The van der Waals surface area contributed by atoms with Gasteiger partial charge in [0, 0.05) is 43.5 Å². The molecule has 3 N–H and O–H groups in total. The van der Waals surface area contributed by atoms with Gasteiger partial charge in [-0.25, -0.2) is 15.0 Å². The second-order valence-electron chi connectivity index (χ2n) is 6.69. The van der Waals surface area contributed by atoms with Crippen LogP contribution in [0.15, 0.2) is 42.7 Å². The van der Waals surface area contributed by atoms with Crippen molar-refractivity contribution >= 4 is 22.5 Å². The molecule has 1 atom stereocenters. The van der Waals surface area contributed by atoms with Gasteiger partial charge in [-0.3, -0.25) is 0 Å². The van der Waals surface area contributed by atoms with Crippen LogP contribution in [0.2, 0.25) is 0 Å². The molecule has 0 bridgehead atoms. The molecular weight excluding hydrogens is 356 g/mol. The smallest absolute Gasteiger partial charge is 0.257 e. The van der Waals surface area contributed by atoms with Crippen molar-refractivity contribution in [3.63, 3.8) is 0 Å². The molecule has 3 aromatic rings. The first-order chi connectivity index (χ1) is 13.7. The van der Waals surface area contributed by atoms with E-state index in [0.29, 0.717) is 36.7 Å². The molecule has 3 heterocycles. The number of fused-ring (bicyclic) bond motifs is 1. The highest BCUT2D eigenvalue weighted by molar-refractivity contribution is 5.85. The van der Waals surface area contributed by atoms with Crippen molar-refractivity contribution in [3.8, 4) is 11.6 Å². The number of pyridine rings is 1. The minimum atomic E-state index is 0.330. The highest BCUT2D eigenvalue weighted by Gasteiger charge is 2.23. The molecule has 1 aliphatic heterocycles. The van der Waals surface area contributed by atoms with E-state index >= 15 is 0 Å². The van der Waals surface area contributed by atoms with Gasteiger partial charge in [0.1, 0.15) is 30.3 Å².